The Morgan fingerprint density at radius 3 is 2.58 bits per heavy atom. The van der Waals surface area contributed by atoms with E-state index in [2.05, 4.69) is 29.1 Å². The van der Waals surface area contributed by atoms with Gasteiger partial charge in [-0.1, -0.05) is 26.0 Å². The minimum atomic E-state index is -0.246. The molecule has 0 aliphatic carbocycles. The van der Waals surface area contributed by atoms with E-state index in [1.165, 1.54) is 24.2 Å². The van der Waals surface area contributed by atoms with Crippen molar-refractivity contribution in [2.75, 3.05) is 5.32 Å². The van der Waals surface area contributed by atoms with Crippen LogP contribution >= 0.6 is 0 Å². The average Bonchev–Trinajstić information content (AvgIpc) is 2.48. The van der Waals surface area contributed by atoms with Gasteiger partial charge in [0.2, 0.25) is 0 Å². The van der Waals surface area contributed by atoms with Gasteiger partial charge in [0.05, 0.1) is 6.20 Å². The minimum Gasteiger partial charge on any atom is -0.321 e. The number of amides is 1. The van der Waals surface area contributed by atoms with E-state index in [0.717, 1.165) is 12.1 Å². The van der Waals surface area contributed by atoms with Gasteiger partial charge in [-0.25, -0.2) is 4.98 Å². The van der Waals surface area contributed by atoms with Crippen molar-refractivity contribution in [1.82, 2.24) is 9.97 Å². The standard InChI is InChI=1S/C15H17N3O/c1-3-11(2)12-4-6-13(7-5-12)18-15(19)14-10-16-8-9-17-14/h4-11H,3H2,1-2H3,(H,18,19)/t11-/m1/s1. The van der Waals surface area contributed by atoms with Crippen molar-refractivity contribution in [3.05, 3.63) is 54.1 Å². The molecule has 0 radical (unpaired) electrons. The Morgan fingerprint density at radius 1 is 1.26 bits per heavy atom. The highest BCUT2D eigenvalue weighted by Crippen LogP contribution is 2.20. The molecule has 0 fully saturated rings. The van der Waals surface area contributed by atoms with Crippen LogP contribution in [0.3, 0.4) is 0 Å². The summed E-state index contributed by atoms with van der Waals surface area (Å²) < 4.78 is 0. The first kappa shape index (κ1) is 13.2. The average molecular weight is 255 g/mol. The lowest BCUT2D eigenvalue weighted by Crippen LogP contribution is -2.13. The molecule has 0 spiro atoms. The molecule has 2 rings (SSSR count). The van der Waals surface area contributed by atoms with Crippen LogP contribution in [-0.4, -0.2) is 15.9 Å². The summed E-state index contributed by atoms with van der Waals surface area (Å²) in [4.78, 5) is 19.7. The monoisotopic (exact) mass is 255 g/mol. The second-order valence-electron chi connectivity index (χ2n) is 4.48. The molecule has 4 heteroatoms. The molecule has 19 heavy (non-hydrogen) atoms. The van der Waals surface area contributed by atoms with Gasteiger partial charge in [-0.2, -0.15) is 0 Å². The lowest BCUT2D eigenvalue weighted by Gasteiger charge is -2.10. The second-order valence-corrected chi connectivity index (χ2v) is 4.48. The maximum absolute atomic E-state index is 11.9. The minimum absolute atomic E-state index is 0.246. The normalized spacial score (nSPS) is 11.9. The molecule has 98 valence electrons. The van der Waals surface area contributed by atoms with E-state index in [1.54, 1.807) is 0 Å². The highest BCUT2D eigenvalue weighted by molar-refractivity contribution is 6.02. The Bertz CT molecular complexity index is 537. The van der Waals surface area contributed by atoms with E-state index in [0.29, 0.717) is 11.6 Å². The van der Waals surface area contributed by atoms with Crippen LogP contribution in [0.25, 0.3) is 0 Å². The fraction of sp³-hybridized carbons (Fsp3) is 0.267. The van der Waals surface area contributed by atoms with Crippen LogP contribution < -0.4 is 5.32 Å². The molecule has 0 aliphatic heterocycles. The molecule has 0 unspecified atom stereocenters. The van der Waals surface area contributed by atoms with Gasteiger partial charge in [0.25, 0.3) is 5.91 Å². The number of carbonyl (C=O) groups is 1. The molecule has 0 aliphatic rings. The van der Waals surface area contributed by atoms with Crippen molar-refractivity contribution in [3.63, 3.8) is 0 Å². The first-order valence-electron chi connectivity index (χ1n) is 6.38. The number of hydrogen-bond donors (Lipinski definition) is 1. The van der Waals surface area contributed by atoms with E-state index < -0.39 is 0 Å². The SMILES string of the molecule is CC[C@@H](C)c1ccc(NC(=O)c2cnccn2)cc1. The van der Waals surface area contributed by atoms with Gasteiger partial charge >= 0.3 is 0 Å². The fourth-order valence-electron chi connectivity index (χ4n) is 1.74. The molecule has 2 aromatic rings. The maximum Gasteiger partial charge on any atom is 0.275 e. The fourth-order valence-corrected chi connectivity index (χ4v) is 1.74. The maximum atomic E-state index is 11.9. The topological polar surface area (TPSA) is 54.9 Å². The second kappa shape index (κ2) is 6.09. The van der Waals surface area contributed by atoms with Crippen LogP contribution in [-0.2, 0) is 0 Å². The number of anilines is 1. The number of rotatable bonds is 4. The van der Waals surface area contributed by atoms with E-state index >= 15 is 0 Å². The predicted octanol–water partition coefficient (Wildman–Crippen LogP) is 3.24. The zero-order valence-corrected chi connectivity index (χ0v) is 11.1. The summed E-state index contributed by atoms with van der Waals surface area (Å²) in [5, 5.41) is 2.80. The summed E-state index contributed by atoms with van der Waals surface area (Å²) in [6.45, 7) is 4.35. The van der Waals surface area contributed by atoms with Gasteiger partial charge in [-0.15, -0.1) is 0 Å². The highest BCUT2D eigenvalue weighted by atomic mass is 16.1. The van der Waals surface area contributed by atoms with Crippen LogP contribution in [0.5, 0.6) is 0 Å². The van der Waals surface area contributed by atoms with Gasteiger partial charge in [0.15, 0.2) is 0 Å². The molecule has 0 saturated carbocycles. The molecule has 1 aromatic carbocycles. The van der Waals surface area contributed by atoms with Crippen molar-refractivity contribution in [2.45, 2.75) is 26.2 Å². The lowest BCUT2D eigenvalue weighted by molar-refractivity contribution is 0.102. The summed E-state index contributed by atoms with van der Waals surface area (Å²) in [6, 6.07) is 7.91. The molecular weight excluding hydrogens is 238 g/mol. The van der Waals surface area contributed by atoms with Crippen molar-refractivity contribution in [2.24, 2.45) is 0 Å². The largest absolute Gasteiger partial charge is 0.321 e. The third-order valence-corrected chi connectivity index (χ3v) is 3.15. The van der Waals surface area contributed by atoms with Crippen molar-refractivity contribution in [3.8, 4) is 0 Å². The molecule has 1 aromatic heterocycles. The van der Waals surface area contributed by atoms with Crippen molar-refractivity contribution >= 4 is 11.6 Å². The zero-order chi connectivity index (χ0) is 13.7. The van der Waals surface area contributed by atoms with Gasteiger partial charge in [-0.3, -0.25) is 9.78 Å². The Hall–Kier alpha value is -2.23. The summed E-state index contributed by atoms with van der Waals surface area (Å²) >= 11 is 0. The van der Waals surface area contributed by atoms with Crippen LogP contribution in [0.4, 0.5) is 5.69 Å². The number of benzene rings is 1. The van der Waals surface area contributed by atoms with Crippen LogP contribution in [0.2, 0.25) is 0 Å². The number of carbonyl (C=O) groups excluding carboxylic acids is 1. The highest BCUT2D eigenvalue weighted by Gasteiger charge is 2.08. The van der Waals surface area contributed by atoms with Gasteiger partial charge in [-0.05, 0) is 30.0 Å². The number of aromatic nitrogens is 2. The summed E-state index contributed by atoms with van der Waals surface area (Å²) in [6.07, 6.45) is 5.59. The van der Waals surface area contributed by atoms with Crippen LogP contribution in [0.1, 0.15) is 42.2 Å². The summed E-state index contributed by atoms with van der Waals surface area (Å²) in [5.41, 5.74) is 2.36. The molecule has 4 nitrogen and oxygen atoms in total. The lowest BCUT2D eigenvalue weighted by atomic mass is 9.99. The van der Waals surface area contributed by atoms with Crippen molar-refractivity contribution < 1.29 is 4.79 Å². The molecule has 1 atom stereocenters. The molecule has 0 bridgehead atoms. The molecule has 1 N–H and O–H groups in total. The molecule has 1 amide bonds. The quantitative estimate of drug-likeness (QED) is 0.912. The van der Waals surface area contributed by atoms with E-state index in [1.807, 2.05) is 24.3 Å². The number of nitrogens with zero attached hydrogens (tertiary/aromatic N) is 2. The third-order valence-electron chi connectivity index (χ3n) is 3.15. The van der Waals surface area contributed by atoms with E-state index in [-0.39, 0.29) is 5.91 Å². The van der Waals surface area contributed by atoms with E-state index in [4.69, 9.17) is 0 Å². The Balaban J connectivity index is 2.06. The van der Waals surface area contributed by atoms with Gasteiger partial charge < -0.3 is 5.32 Å². The first-order chi connectivity index (χ1) is 9.20. The summed E-state index contributed by atoms with van der Waals surface area (Å²) in [5.74, 6) is 0.286. The van der Waals surface area contributed by atoms with Gasteiger partial charge in [0, 0.05) is 18.1 Å². The number of nitrogens with one attached hydrogen (secondary N) is 1. The summed E-state index contributed by atoms with van der Waals surface area (Å²) in [7, 11) is 0. The Kier molecular flexibility index (Phi) is 4.23. The first-order valence-corrected chi connectivity index (χ1v) is 6.38. The third kappa shape index (κ3) is 3.37. The predicted molar refractivity (Wildman–Crippen MR) is 75.1 cm³/mol. The van der Waals surface area contributed by atoms with Crippen LogP contribution in [0, 0.1) is 0 Å². The Labute approximate surface area is 112 Å². The Morgan fingerprint density at radius 2 is 2.00 bits per heavy atom. The van der Waals surface area contributed by atoms with E-state index in [9.17, 15) is 4.79 Å². The smallest absolute Gasteiger partial charge is 0.275 e. The number of hydrogen-bond acceptors (Lipinski definition) is 3. The van der Waals surface area contributed by atoms with Gasteiger partial charge in [0.1, 0.15) is 5.69 Å². The zero-order valence-electron chi connectivity index (χ0n) is 11.1. The molecule has 0 saturated heterocycles. The molecular formula is C15H17N3O. The molecule has 1 heterocycles. The van der Waals surface area contributed by atoms with Crippen molar-refractivity contribution in [1.29, 1.82) is 0 Å². The van der Waals surface area contributed by atoms with Crippen LogP contribution in [0.15, 0.2) is 42.9 Å².